The van der Waals surface area contributed by atoms with Crippen molar-refractivity contribution in [2.45, 2.75) is 6.61 Å². The van der Waals surface area contributed by atoms with E-state index < -0.39 is 5.82 Å². The molecule has 0 saturated heterocycles. The van der Waals surface area contributed by atoms with Crippen molar-refractivity contribution in [3.05, 3.63) is 58.4 Å². The van der Waals surface area contributed by atoms with Gasteiger partial charge in [-0.3, -0.25) is 0 Å². The third-order valence-corrected chi connectivity index (χ3v) is 3.34. The van der Waals surface area contributed by atoms with Gasteiger partial charge in [-0.25, -0.2) is 4.39 Å². The summed E-state index contributed by atoms with van der Waals surface area (Å²) in [6, 6.07) is 9.36. The van der Waals surface area contributed by atoms with Crippen LogP contribution in [0.15, 0.2) is 46.6 Å². The molecule has 0 fully saturated rings. The molecule has 0 unspecified atom stereocenters. The molecule has 8 heteroatoms. The van der Waals surface area contributed by atoms with E-state index in [1.165, 1.54) is 25.5 Å². The second-order valence-electron chi connectivity index (χ2n) is 4.67. The molecule has 0 heterocycles. The molecule has 0 bridgehead atoms. The summed E-state index contributed by atoms with van der Waals surface area (Å²) >= 11 is 6.00. The predicted octanol–water partition coefficient (Wildman–Crippen LogP) is 2.67. The molecule has 0 spiro atoms. The largest absolute Gasteiger partial charge is 0.493 e. The van der Waals surface area contributed by atoms with Crippen LogP contribution in [0.2, 0.25) is 5.02 Å². The summed E-state index contributed by atoms with van der Waals surface area (Å²) in [6.07, 6.45) is 1.43. The van der Waals surface area contributed by atoms with Crippen LogP contribution in [0.3, 0.4) is 0 Å². The molecule has 2 rings (SSSR count). The summed E-state index contributed by atoms with van der Waals surface area (Å²) in [4.78, 5) is 0. The van der Waals surface area contributed by atoms with Gasteiger partial charge < -0.3 is 20.9 Å². The highest BCUT2D eigenvalue weighted by Crippen LogP contribution is 2.31. The van der Waals surface area contributed by atoms with Gasteiger partial charge in [0.05, 0.1) is 18.3 Å². The molecule has 2 aromatic rings. The highest BCUT2D eigenvalue weighted by Gasteiger charge is 2.11. The molecular weight excluding hydrogens is 335 g/mol. The molecule has 0 aromatic heterocycles. The van der Waals surface area contributed by atoms with Crippen LogP contribution in [0.25, 0.3) is 0 Å². The number of para-hydroxylation sites is 1. The van der Waals surface area contributed by atoms with Gasteiger partial charge in [-0.2, -0.15) is 5.10 Å². The number of nitrogens with two attached hydrogens (primary N) is 2. The van der Waals surface area contributed by atoms with Gasteiger partial charge in [0.15, 0.2) is 11.5 Å². The molecule has 0 aliphatic carbocycles. The minimum Gasteiger partial charge on any atom is -0.493 e. The summed E-state index contributed by atoms with van der Waals surface area (Å²) in [7, 11) is 1.52. The fourth-order valence-corrected chi connectivity index (χ4v) is 2.12. The van der Waals surface area contributed by atoms with E-state index in [4.69, 9.17) is 32.5 Å². The van der Waals surface area contributed by atoms with Gasteiger partial charge in [-0.05, 0) is 24.3 Å². The SMILES string of the molecule is COc1cccc(C=NN=C(N)N)c1OCc1ccc(F)cc1Cl. The Balaban J connectivity index is 2.27. The highest BCUT2D eigenvalue weighted by molar-refractivity contribution is 6.31. The smallest absolute Gasteiger partial charge is 0.211 e. The van der Waals surface area contributed by atoms with Crippen molar-refractivity contribution in [3.8, 4) is 11.5 Å². The van der Waals surface area contributed by atoms with Crippen LogP contribution in [0.4, 0.5) is 4.39 Å². The molecule has 0 radical (unpaired) electrons. The lowest BCUT2D eigenvalue weighted by molar-refractivity contribution is 0.284. The summed E-state index contributed by atoms with van der Waals surface area (Å²) < 4.78 is 24.2. The highest BCUT2D eigenvalue weighted by atomic mass is 35.5. The van der Waals surface area contributed by atoms with Crippen LogP contribution in [0, 0.1) is 5.82 Å². The third kappa shape index (κ3) is 4.60. The molecule has 0 amide bonds. The number of halogens is 2. The Bertz CT molecular complexity index is 777. The Morgan fingerprint density at radius 1 is 1.29 bits per heavy atom. The van der Waals surface area contributed by atoms with Gasteiger partial charge in [-0.1, -0.05) is 23.7 Å². The summed E-state index contributed by atoms with van der Waals surface area (Å²) in [5.41, 5.74) is 11.7. The van der Waals surface area contributed by atoms with E-state index in [0.717, 1.165) is 0 Å². The number of guanidine groups is 1. The minimum atomic E-state index is -0.411. The average Bonchev–Trinajstić information content (AvgIpc) is 2.54. The van der Waals surface area contributed by atoms with Crippen LogP contribution < -0.4 is 20.9 Å². The van der Waals surface area contributed by atoms with Gasteiger partial charge >= 0.3 is 0 Å². The number of ether oxygens (including phenoxy) is 2. The standard InChI is InChI=1S/C16H16ClFN4O2/c1-23-14-4-2-3-10(8-21-22-16(19)20)15(14)24-9-11-5-6-12(18)7-13(11)17/h2-8H,9H2,1H3,(H4,19,20,22). The van der Waals surface area contributed by atoms with E-state index in [0.29, 0.717) is 22.6 Å². The zero-order valence-electron chi connectivity index (χ0n) is 12.9. The molecule has 0 aliphatic heterocycles. The van der Waals surface area contributed by atoms with E-state index >= 15 is 0 Å². The molecule has 4 N–H and O–H groups in total. The summed E-state index contributed by atoms with van der Waals surface area (Å²) in [5.74, 6) is 0.373. The van der Waals surface area contributed by atoms with Gasteiger partial charge in [0.2, 0.25) is 5.96 Å². The van der Waals surface area contributed by atoms with Gasteiger partial charge in [-0.15, -0.1) is 5.10 Å². The first-order valence-electron chi connectivity index (χ1n) is 6.87. The number of hydrogen-bond acceptors (Lipinski definition) is 4. The second kappa shape index (κ2) is 8.16. The summed E-state index contributed by atoms with van der Waals surface area (Å²) in [5, 5.41) is 7.58. The van der Waals surface area contributed by atoms with E-state index in [2.05, 4.69) is 10.2 Å². The summed E-state index contributed by atoms with van der Waals surface area (Å²) in [6.45, 7) is 0.128. The zero-order chi connectivity index (χ0) is 17.5. The lowest BCUT2D eigenvalue weighted by Gasteiger charge is -2.13. The Labute approximate surface area is 143 Å². The molecule has 6 nitrogen and oxygen atoms in total. The van der Waals surface area contributed by atoms with Crippen molar-refractivity contribution in [3.63, 3.8) is 0 Å². The number of rotatable bonds is 6. The van der Waals surface area contributed by atoms with Crippen molar-refractivity contribution in [2.24, 2.45) is 21.7 Å². The van der Waals surface area contributed by atoms with E-state index in [1.54, 1.807) is 24.3 Å². The van der Waals surface area contributed by atoms with E-state index in [1.807, 2.05) is 0 Å². The molecule has 0 atom stereocenters. The van der Waals surface area contributed by atoms with Crippen LogP contribution >= 0.6 is 11.6 Å². The lowest BCUT2D eigenvalue weighted by atomic mass is 10.2. The van der Waals surface area contributed by atoms with Crippen molar-refractivity contribution in [1.82, 2.24) is 0 Å². The van der Waals surface area contributed by atoms with Crippen molar-refractivity contribution < 1.29 is 13.9 Å². The zero-order valence-corrected chi connectivity index (χ0v) is 13.6. The topological polar surface area (TPSA) is 95.2 Å². The molecule has 24 heavy (non-hydrogen) atoms. The number of benzene rings is 2. The number of methoxy groups -OCH3 is 1. The lowest BCUT2D eigenvalue weighted by Crippen LogP contribution is -2.21. The average molecular weight is 351 g/mol. The van der Waals surface area contributed by atoms with Crippen LogP contribution in [0.1, 0.15) is 11.1 Å². The predicted molar refractivity (Wildman–Crippen MR) is 92.1 cm³/mol. The number of hydrogen-bond donors (Lipinski definition) is 2. The Morgan fingerprint density at radius 2 is 2.08 bits per heavy atom. The second-order valence-corrected chi connectivity index (χ2v) is 5.08. The fourth-order valence-electron chi connectivity index (χ4n) is 1.90. The van der Waals surface area contributed by atoms with Crippen molar-refractivity contribution in [1.29, 1.82) is 0 Å². The fraction of sp³-hybridized carbons (Fsp3) is 0.125. The first kappa shape index (κ1) is 17.6. The maximum atomic E-state index is 13.1. The maximum absolute atomic E-state index is 13.1. The third-order valence-electron chi connectivity index (χ3n) is 2.99. The van der Waals surface area contributed by atoms with Crippen LogP contribution in [-0.4, -0.2) is 19.3 Å². The Kier molecular flexibility index (Phi) is 5.97. The first-order valence-corrected chi connectivity index (χ1v) is 7.24. The van der Waals surface area contributed by atoms with Gasteiger partial charge in [0, 0.05) is 11.1 Å². The quantitative estimate of drug-likeness (QED) is 0.475. The van der Waals surface area contributed by atoms with E-state index in [9.17, 15) is 4.39 Å². The molecule has 0 aliphatic rings. The monoisotopic (exact) mass is 350 g/mol. The Hall–Kier alpha value is -2.80. The number of nitrogens with zero attached hydrogens (tertiary/aromatic N) is 2. The molecule has 0 saturated carbocycles. The molecular formula is C16H16ClFN4O2. The molecule has 2 aromatic carbocycles. The van der Waals surface area contributed by atoms with Crippen LogP contribution in [-0.2, 0) is 6.61 Å². The Morgan fingerprint density at radius 3 is 2.75 bits per heavy atom. The van der Waals surface area contributed by atoms with Crippen molar-refractivity contribution >= 4 is 23.8 Å². The first-order chi connectivity index (χ1) is 11.5. The van der Waals surface area contributed by atoms with E-state index in [-0.39, 0.29) is 17.6 Å². The van der Waals surface area contributed by atoms with Crippen molar-refractivity contribution in [2.75, 3.05) is 7.11 Å². The minimum absolute atomic E-state index is 0.128. The van der Waals surface area contributed by atoms with Gasteiger partial charge in [0.1, 0.15) is 12.4 Å². The normalized spacial score (nSPS) is 10.6. The van der Waals surface area contributed by atoms with Crippen LogP contribution in [0.5, 0.6) is 11.5 Å². The van der Waals surface area contributed by atoms with Gasteiger partial charge in [0.25, 0.3) is 0 Å². The maximum Gasteiger partial charge on any atom is 0.211 e. The molecule has 126 valence electrons.